The van der Waals surface area contributed by atoms with Crippen molar-refractivity contribution in [3.63, 3.8) is 0 Å². The third-order valence-electron chi connectivity index (χ3n) is 7.15. The van der Waals surface area contributed by atoms with Crippen LogP contribution in [-0.2, 0) is 18.9 Å². The molecule has 0 heterocycles. The molecule has 228 valence electrons. The fourth-order valence-electron chi connectivity index (χ4n) is 4.60. The lowest BCUT2D eigenvalue weighted by Gasteiger charge is -2.19. The molecule has 0 N–H and O–H groups in total. The van der Waals surface area contributed by atoms with Gasteiger partial charge in [0.15, 0.2) is 13.1 Å². The lowest BCUT2D eigenvalue weighted by Crippen LogP contribution is -2.19. The van der Waals surface area contributed by atoms with E-state index in [4.69, 9.17) is 18.9 Å². The van der Waals surface area contributed by atoms with Crippen molar-refractivity contribution in [1.29, 1.82) is 0 Å². The summed E-state index contributed by atoms with van der Waals surface area (Å²) in [5, 5.41) is 0. The molecule has 0 amide bonds. The fraction of sp³-hybridized carbons (Fsp3) is 0.941. The van der Waals surface area contributed by atoms with Crippen LogP contribution >= 0.6 is 0 Å². The summed E-state index contributed by atoms with van der Waals surface area (Å²) < 4.78 is 23.1. The number of unbranched alkanes of at least 4 members (excludes halogenated alkanes) is 19. The van der Waals surface area contributed by atoms with Crippen molar-refractivity contribution in [3.8, 4) is 0 Å². The van der Waals surface area contributed by atoms with Crippen LogP contribution in [0.3, 0.4) is 0 Å². The highest BCUT2D eigenvalue weighted by atomic mass is 16.7. The molecule has 0 saturated carbocycles. The van der Waals surface area contributed by atoms with E-state index in [2.05, 4.69) is 26.8 Å². The smallest absolute Gasteiger partial charge is 0.188 e. The van der Waals surface area contributed by atoms with Crippen LogP contribution in [0.5, 0.6) is 0 Å². The summed E-state index contributed by atoms with van der Waals surface area (Å²) in [6.07, 6.45) is 34.5. The zero-order valence-electron chi connectivity index (χ0n) is 26.2. The van der Waals surface area contributed by atoms with Crippen molar-refractivity contribution in [3.05, 3.63) is 12.3 Å². The van der Waals surface area contributed by atoms with Gasteiger partial charge in [-0.25, -0.2) is 0 Å². The van der Waals surface area contributed by atoms with E-state index >= 15 is 0 Å². The molecule has 0 bridgehead atoms. The van der Waals surface area contributed by atoms with Gasteiger partial charge in [-0.05, 0) is 51.0 Å². The van der Waals surface area contributed by atoms with Crippen molar-refractivity contribution < 1.29 is 18.9 Å². The Hall–Kier alpha value is -0.580. The van der Waals surface area contributed by atoms with Crippen molar-refractivity contribution in [2.75, 3.05) is 26.6 Å². The Kier molecular flexibility index (Phi) is 33.9. The first kappa shape index (κ1) is 37.4. The highest BCUT2D eigenvalue weighted by Crippen LogP contribution is 2.15. The number of rotatable bonds is 33. The molecule has 4 heteroatoms. The Morgan fingerprint density at radius 3 is 1.50 bits per heavy atom. The number of hydrogen-bond donors (Lipinski definition) is 0. The standard InChI is InChI=1S/C34H68O4/c1-4-7-10-21-24-29-35-33-36-30-25-22-19-17-15-13-14-16-18-20-23-28-34(37-31-26-11-8-5-2)38-32-27-12-9-6-3/h25,30,34H,4-24,26-29,31-33H2,1-3H3. The molecule has 0 unspecified atom stereocenters. The molecule has 4 nitrogen and oxygen atoms in total. The zero-order chi connectivity index (χ0) is 27.6. The van der Waals surface area contributed by atoms with Gasteiger partial charge in [-0.3, -0.25) is 0 Å². The minimum atomic E-state index is 0.0190. The van der Waals surface area contributed by atoms with Gasteiger partial charge in [0.05, 0.1) is 12.9 Å². The Balaban J connectivity index is 3.51. The summed E-state index contributed by atoms with van der Waals surface area (Å²) in [7, 11) is 0. The summed E-state index contributed by atoms with van der Waals surface area (Å²) >= 11 is 0. The average molecular weight is 541 g/mol. The topological polar surface area (TPSA) is 36.9 Å². The van der Waals surface area contributed by atoms with Gasteiger partial charge in [0.1, 0.15) is 0 Å². The second-order valence-corrected chi connectivity index (χ2v) is 11.0. The van der Waals surface area contributed by atoms with Crippen molar-refractivity contribution in [2.24, 2.45) is 0 Å². The predicted octanol–water partition coefficient (Wildman–Crippen LogP) is 11.3. The summed E-state index contributed by atoms with van der Waals surface area (Å²) in [5.41, 5.74) is 0. The van der Waals surface area contributed by atoms with Crippen LogP contribution in [-0.4, -0.2) is 32.9 Å². The molecule has 0 spiro atoms. The van der Waals surface area contributed by atoms with E-state index < -0.39 is 0 Å². The van der Waals surface area contributed by atoms with Crippen LogP contribution in [0.15, 0.2) is 12.3 Å². The van der Waals surface area contributed by atoms with Gasteiger partial charge in [0.25, 0.3) is 0 Å². The van der Waals surface area contributed by atoms with Crippen molar-refractivity contribution in [1.82, 2.24) is 0 Å². The quantitative estimate of drug-likeness (QED) is 0.0471. The molecule has 0 rings (SSSR count). The molecule has 0 aliphatic heterocycles. The van der Waals surface area contributed by atoms with E-state index in [1.807, 2.05) is 6.26 Å². The van der Waals surface area contributed by atoms with Crippen LogP contribution in [0.4, 0.5) is 0 Å². The van der Waals surface area contributed by atoms with Crippen LogP contribution in [0.1, 0.15) is 175 Å². The molecular formula is C34H68O4. The van der Waals surface area contributed by atoms with E-state index in [0.717, 1.165) is 39.1 Å². The first-order chi connectivity index (χ1) is 18.8. The molecule has 38 heavy (non-hydrogen) atoms. The van der Waals surface area contributed by atoms with Gasteiger partial charge in [-0.2, -0.15) is 0 Å². The molecule has 0 atom stereocenters. The van der Waals surface area contributed by atoms with Crippen LogP contribution in [0.25, 0.3) is 0 Å². The van der Waals surface area contributed by atoms with E-state index in [1.54, 1.807) is 0 Å². The number of ether oxygens (including phenoxy) is 4. The van der Waals surface area contributed by atoms with E-state index in [0.29, 0.717) is 6.79 Å². The number of hydrogen-bond acceptors (Lipinski definition) is 4. The Bertz CT molecular complexity index is 426. The monoisotopic (exact) mass is 541 g/mol. The second kappa shape index (κ2) is 34.4. The highest BCUT2D eigenvalue weighted by Gasteiger charge is 2.09. The Morgan fingerprint density at radius 2 is 0.921 bits per heavy atom. The van der Waals surface area contributed by atoms with Gasteiger partial charge < -0.3 is 18.9 Å². The summed E-state index contributed by atoms with van der Waals surface area (Å²) in [6.45, 7) is 9.69. The Labute approximate surface area is 239 Å². The SMILES string of the molecule is CCCCCCCOCOC=CCCCCCCCCCCCC(OCCCCCC)OCCCCCC. The maximum absolute atomic E-state index is 6.10. The van der Waals surface area contributed by atoms with E-state index in [1.165, 1.54) is 135 Å². The lowest BCUT2D eigenvalue weighted by molar-refractivity contribution is -0.148. The normalized spacial score (nSPS) is 11.8. The minimum absolute atomic E-state index is 0.0190. The molecule has 0 aromatic carbocycles. The van der Waals surface area contributed by atoms with Crippen LogP contribution < -0.4 is 0 Å². The summed E-state index contributed by atoms with van der Waals surface area (Å²) in [6, 6.07) is 0. The van der Waals surface area contributed by atoms with Gasteiger partial charge in [-0.1, -0.05) is 130 Å². The fourth-order valence-corrected chi connectivity index (χ4v) is 4.60. The molecule has 0 aliphatic carbocycles. The largest absolute Gasteiger partial charge is 0.475 e. The van der Waals surface area contributed by atoms with E-state index in [9.17, 15) is 0 Å². The predicted molar refractivity (Wildman–Crippen MR) is 165 cm³/mol. The van der Waals surface area contributed by atoms with Crippen LogP contribution in [0, 0.1) is 0 Å². The third-order valence-corrected chi connectivity index (χ3v) is 7.15. The summed E-state index contributed by atoms with van der Waals surface area (Å²) in [4.78, 5) is 0. The summed E-state index contributed by atoms with van der Waals surface area (Å²) in [5.74, 6) is 0. The van der Waals surface area contributed by atoms with Crippen LogP contribution in [0.2, 0.25) is 0 Å². The van der Waals surface area contributed by atoms with Gasteiger partial charge in [0, 0.05) is 13.2 Å². The van der Waals surface area contributed by atoms with Crippen molar-refractivity contribution >= 4 is 0 Å². The molecule has 0 aromatic rings. The number of allylic oxidation sites excluding steroid dienone is 1. The third kappa shape index (κ3) is 31.6. The van der Waals surface area contributed by atoms with Gasteiger partial charge in [-0.15, -0.1) is 0 Å². The molecule has 0 aromatic heterocycles. The second-order valence-electron chi connectivity index (χ2n) is 11.0. The van der Waals surface area contributed by atoms with Gasteiger partial charge in [0.2, 0.25) is 0 Å². The van der Waals surface area contributed by atoms with Gasteiger partial charge >= 0.3 is 0 Å². The molecule has 0 radical (unpaired) electrons. The van der Waals surface area contributed by atoms with Crippen molar-refractivity contribution in [2.45, 2.75) is 181 Å². The lowest BCUT2D eigenvalue weighted by atomic mass is 10.1. The molecular weight excluding hydrogens is 472 g/mol. The molecule has 0 saturated heterocycles. The Morgan fingerprint density at radius 1 is 0.474 bits per heavy atom. The first-order valence-corrected chi connectivity index (χ1v) is 16.9. The van der Waals surface area contributed by atoms with E-state index in [-0.39, 0.29) is 6.29 Å². The maximum atomic E-state index is 6.10. The average Bonchev–Trinajstić information content (AvgIpc) is 2.93. The zero-order valence-corrected chi connectivity index (χ0v) is 26.2. The first-order valence-electron chi connectivity index (χ1n) is 16.9. The highest BCUT2D eigenvalue weighted by molar-refractivity contribution is 4.72. The molecule has 0 aliphatic rings. The minimum Gasteiger partial charge on any atom is -0.475 e. The molecule has 0 fully saturated rings. The maximum Gasteiger partial charge on any atom is 0.188 e.